The van der Waals surface area contributed by atoms with Crippen molar-refractivity contribution >= 4 is 66.4 Å². The highest BCUT2D eigenvalue weighted by Gasteiger charge is 2.26. The molecule has 0 amide bonds. The molecule has 10 aromatic rings. The summed E-state index contributed by atoms with van der Waals surface area (Å²) in [5, 5.41) is 7.52. The summed E-state index contributed by atoms with van der Waals surface area (Å²) in [6.07, 6.45) is 0. The molecule has 302 valence electrons. The van der Waals surface area contributed by atoms with Gasteiger partial charge in [-0.2, -0.15) is 0 Å². The van der Waals surface area contributed by atoms with Crippen LogP contribution in [0.15, 0.2) is 170 Å². The maximum absolute atomic E-state index is 2.54. The summed E-state index contributed by atoms with van der Waals surface area (Å²) in [4.78, 5) is 5.07. The van der Waals surface area contributed by atoms with Crippen LogP contribution in [0, 0.1) is 55.4 Å². The number of benzene rings is 10. The Hall–Kier alpha value is -7.16. The first-order valence-electron chi connectivity index (χ1n) is 21.8. The van der Waals surface area contributed by atoms with E-state index in [0.29, 0.717) is 0 Å². The van der Waals surface area contributed by atoms with Gasteiger partial charge < -0.3 is 9.80 Å². The van der Waals surface area contributed by atoms with Crippen molar-refractivity contribution < 1.29 is 0 Å². The van der Waals surface area contributed by atoms with Gasteiger partial charge in [0.2, 0.25) is 0 Å². The van der Waals surface area contributed by atoms with Crippen molar-refractivity contribution in [2.45, 2.75) is 55.4 Å². The molecule has 0 saturated carbocycles. The summed E-state index contributed by atoms with van der Waals surface area (Å²) in [5.74, 6) is 0. The van der Waals surface area contributed by atoms with Gasteiger partial charge in [0.25, 0.3) is 0 Å². The predicted octanol–water partition coefficient (Wildman–Crippen LogP) is 17.3. The fourth-order valence-electron chi connectivity index (χ4n) is 10.3. The van der Waals surface area contributed by atoms with Crippen molar-refractivity contribution in [2.75, 3.05) is 9.80 Å². The van der Waals surface area contributed by atoms with E-state index in [1.165, 1.54) is 133 Å². The molecule has 0 atom stereocenters. The molecule has 0 fully saturated rings. The van der Waals surface area contributed by atoms with Crippen LogP contribution in [0.4, 0.5) is 34.1 Å². The van der Waals surface area contributed by atoms with E-state index in [4.69, 9.17) is 0 Å². The quantitative estimate of drug-likeness (QED) is 0.141. The van der Waals surface area contributed by atoms with Gasteiger partial charge >= 0.3 is 0 Å². The molecule has 0 unspecified atom stereocenters. The highest BCUT2D eigenvalue weighted by molar-refractivity contribution is 6.28. The lowest BCUT2D eigenvalue weighted by molar-refractivity contribution is 1.21. The first-order chi connectivity index (χ1) is 30.0. The molecule has 0 bridgehead atoms. The Bertz CT molecular complexity index is 3060. The molecule has 0 aliphatic heterocycles. The van der Waals surface area contributed by atoms with E-state index in [-0.39, 0.29) is 0 Å². The average Bonchev–Trinajstić information content (AvgIpc) is 3.26. The third-order valence-electron chi connectivity index (χ3n) is 12.9. The lowest BCUT2D eigenvalue weighted by Crippen LogP contribution is -2.15. The number of nitrogens with zero attached hydrogens (tertiary/aromatic N) is 2. The van der Waals surface area contributed by atoms with Gasteiger partial charge in [0.1, 0.15) is 0 Å². The van der Waals surface area contributed by atoms with Crippen molar-refractivity contribution in [3.8, 4) is 22.3 Å². The Kier molecular flexibility index (Phi) is 9.68. The number of aryl methyl sites for hydroxylation is 6. The molecule has 10 rings (SSSR count). The Morgan fingerprint density at radius 2 is 0.677 bits per heavy atom. The summed E-state index contributed by atoms with van der Waals surface area (Å²) < 4.78 is 0. The van der Waals surface area contributed by atoms with Crippen molar-refractivity contribution in [1.29, 1.82) is 0 Å². The summed E-state index contributed by atoms with van der Waals surface area (Å²) in [6, 6.07) is 63.4. The molecule has 0 radical (unpaired) electrons. The zero-order chi connectivity index (χ0) is 42.8. The van der Waals surface area contributed by atoms with Gasteiger partial charge in [0.15, 0.2) is 0 Å². The highest BCUT2D eigenvalue weighted by atomic mass is 15.2. The standard InChI is InChI=1S/C60H52N2/c1-37-31-38(2)34-49(33-37)61(59-41(5)19-25-51(43(59)7)45-15-11-9-12-16-45)55-29-23-47-22-28-54-56(30-24-48-21-27-53(55)57(47)58(48)54)62(50-35-39(3)32-40(4)36-50)60-42(6)20-26-52(44(60)8)46-17-13-10-14-18-46/h9-36H,1-8H3. The Labute approximate surface area is 366 Å². The molecule has 0 N–H and O–H groups in total. The molecule has 0 aliphatic rings. The molecule has 0 aromatic heterocycles. The van der Waals surface area contributed by atoms with Gasteiger partial charge in [-0.15, -0.1) is 0 Å². The second-order valence-corrected chi connectivity index (χ2v) is 17.5. The molecule has 0 saturated heterocycles. The van der Waals surface area contributed by atoms with Crippen LogP contribution in [0.25, 0.3) is 54.6 Å². The average molecular weight is 801 g/mol. The molecule has 10 aromatic carbocycles. The number of hydrogen-bond donors (Lipinski definition) is 0. The third kappa shape index (κ3) is 6.59. The van der Waals surface area contributed by atoms with Crippen LogP contribution in [0.2, 0.25) is 0 Å². The van der Waals surface area contributed by atoms with Gasteiger partial charge in [-0.25, -0.2) is 0 Å². The number of rotatable bonds is 8. The molecule has 0 heterocycles. The van der Waals surface area contributed by atoms with Gasteiger partial charge in [-0.05, 0) is 180 Å². The van der Waals surface area contributed by atoms with Gasteiger partial charge in [0.05, 0.1) is 22.7 Å². The van der Waals surface area contributed by atoms with E-state index < -0.39 is 0 Å². The zero-order valence-corrected chi connectivity index (χ0v) is 37.1. The van der Waals surface area contributed by atoms with Gasteiger partial charge in [0, 0.05) is 22.1 Å². The second kappa shape index (κ2) is 15.4. The van der Waals surface area contributed by atoms with E-state index in [1.807, 2.05) is 0 Å². The van der Waals surface area contributed by atoms with Gasteiger partial charge in [-0.3, -0.25) is 0 Å². The SMILES string of the molecule is Cc1cc(C)cc(N(c2c(C)ccc(-c3ccccc3)c2C)c2ccc3ccc4c(N(c5cc(C)cc(C)c5)c5c(C)ccc(-c6ccccc6)c5C)ccc5ccc2c3c54)c1. The lowest BCUT2D eigenvalue weighted by atomic mass is 9.90. The molecule has 0 spiro atoms. The molecule has 2 nitrogen and oxygen atoms in total. The number of hydrogen-bond acceptors (Lipinski definition) is 2. The molecule has 62 heavy (non-hydrogen) atoms. The van der Waals surface area contributed by atoms with E-state index in [9.17, 15) is 0 Å². The van der Waals surface area contributed by atoms with Crippen molar-refractivity contribution in [3.63, 3.8) is 0 Å². The first kappa shape index (κ1) is 39.0. The van der Waals surface area contributed by atoms with Crippen LogP contribution in [0.1, 0.15) is 44.5 Å². The largest absolute Gasteiger partial charge is 0.309 e. The zero-order valence-electron chi connectivity index (χ0n) is 37.1. The molecular formula is C60H52N2. The Balaban J connectivity index is 1.26. The minimum absolute atomic E-state index is 1.17. The van der Waals surface area contributed by atoms with E-state index in [1.54, 1.807) is 0 Å². The highest BCUT2D eigenvalue weighted by Crippen LogP contribution is 2.50. The summed E-state index contributed by atoms with van der Waals surface area (Å²) in [7, 11) is 0. The lowest BCUT2D eigenvalue weighted by Gasteiger charge is -2.33. The van der Waals surface area contributed by atoms with Crippen molar-refractivity contribution in [1.82, 2.24) is 0 Å². The Morgan fingerprint density at radius 1 is 0.323 bits per heavy atom. The Morgan fingerprint density at radius 3 is 1.05 bits per heavy atom. The van der Waals surface area contributed by atoms with Gasteiger partial charge in [-0.1, -0.05) is 133 Å². The monoisotopic (exact) mass is 800 g/mol. The fraction of sp³-hybridized carbons (Fsp3) is 0.133. The molecule has 2 heteroatoms. The number of anilines is 6. The van der Waals surface area contributed by atoms with Crippen LogP contribution >= 0.6 is 0 Å². The summed E-state index contributed by atoms with van der Waals surface area (Å²) in [5.41, 5.74) is 22.0. The second-order valence-electron chi connectivity index (χ2n) is 17.5. The van der Waals surface area contributed by atoms with Crippen LogP contribution in [-0.2, 0) is 0 Å². The van der Waals surface area contributed by atoms with Crippen molar-refractivity contribution in [3.05, 3.63) is 214 Å². The van der Waals surface area contributed by atoms with E-state index >= 15 is 0 Å². The third-order valence-corrected chi connectivity index (χ3v) is 12.9. The molecule has 0 aliphatic carbocycles. The van der Waals surface area contributed by atoms with Crippen LogP contribution in [0.5, 0.6) is 0 Å². The minimum atomic E-state index is 1.17. The van der Waals surface area contributed by atoms with Crippen LogP contribution in [0.3, 0.4) is 0 Å². The maximum Gasteiger partial charge on any atom is 0.0540 e. The smallest absolute Gasteiger partial charge is 0.0540 e. The summed E-state index contributed by atoms with van der Waals surface area (Å²) in [6.45, 7) is 17.9. The normalized spacial score (nSPS) is 11.5. The minimum Gasteiger partial charge on any atom is -0.309 e. The van der Waals surface area contributed by atoms with Crippen LogP contribution in [-0.4, -0.2) is 0 Å². The topological polar surface area (TPSA) is 6.48 Å². The van der Waals surface area contributed by atoms with Crippen molar-refractivity contribution in [2.24, 2.45) is 0 Å². The molecular weight excluding hydrogens is 749 g/mol. The van der Waals surface area contributed by atoms with E-state index in [0.717, 1.165) is 0 Å². The first-order valence-corrected chi connectivity index (χ1v) is 21.8. The van der Waals surface area contributed by atoms with Crippen LogP contribution < -0.4 is 9.80 Å². The summed E-state index contributed by atoms with van der Waals surface area (Å²) >= 11 is 0. The predicted molar refractivity (Wildman–Crippen MR) is 268 cm³/mol. The fourth-order valence-corrected chi connectivity index (χ4v) is 10.3. The maximum atomic E-state index is 2.54. The van der Waals surface area contributed by atoms with E-state index in [2.05, 4.69) is 235 Å².